The molecule has 0 aromatic rings. The van der Waals surface area contributed by atoms with Crippen molar-refractivity contribution in [3.63, 3.8) is 0 Å². The molecule has 0 spiro atoms. The molecule has 0 aromatic heterocycles. The number of quaternary nitrogens is 1. The number of unbranched alkanes of at least 4 members (excludes halogenated alkanes) is 27. The van der Waals surface area contributed by atoms with Crippen LogP contribution in [0.5, 0.6) is 0 Å². The molecule has 0 radical (unpaired) electrons. The number of phosphoric acid groups is 1. The molecule has 51 heavy (non-hydrogen) atoms. The molecule has 306 valence electrons. The van der Waals surface area contributed by atoms with Crippen LogP contribution in [0.25, 0.3) is 0 Å². The fraction of sp³-hybridized carbons (Fsp3) is 0.976. The summed E-state index contributed by atoms with van der Waals surface area (Å²) in [6, 6.07) is 0. The van der Waals surface area contributed by atoms with Crippen molar-refractivity contribution < 1.29 is 32.5 Å². The molecule has 0 rings (SSSR count). The number of likely N-dealkylation sites (N-methyl/N-ethyl adjacent to an activating group) is 1. The second-order valence-electron chi connectivity index (χ2n) is 16.2. The van der Waals surface area contributed by atoms with Crippen LogP contribution >= 0.6 is 7.82 Å². The van der Waals surface area contributed by atoms with Gasteiger partial charge in [-0.05, 0) is 12.8 Å². The maximum Gasteiger partial charge on any atom is 0.268 e. The van der Waals surface area contributed by atoms with Crippen LogP contribution in [0.2, 0.25) is 0 Å². The minimum Gasteiger partial charge on any atom is -0.756 e. The van der Waals surface area contributed by atoms with Crippen molar-refractivity contribution in [1.29, 1.82) is 0 Å². The lowest BCUT2D eigenvalue weighted by molar-refractivity contribution is -0.870. The molecule has 1 amide bonds. The predicted octanol–water partition coefficient (Wildman–Crippen LogP) is 11.4. The summed E-state index contributed by atoms with van der Waals surface area (Å²) in [6.45, 7) is 5.85. The van der Waals surface area contributed by atoms with Crippen molar-refractivity contribution in [2.24, 2.45) is 0 Å². The molecule has 0 aliphatic rings. The van der Waals surface area contributed by atoms with Gasteiger partial charge >= 0.3 is 0 Å². The number of ether oxygens (including phenoxy) is 1. The lowest BCUT2D eigenvalue weighted by Gasteiger charge is -2.30. The maximum absolute atomic E-state index is 12.6. The summed E-state index contributed by atoms with van der Waals surface area (Å²) < 4.78 is 29.5. The molecular weight excluding hydrogens is 659 g/mol. The van der Waals surface area contributed by atoms with E-state index in [4.69, 9.17) is 13.8 Å². The molecule has 0 bridgehead atoms. The van der Waals surface area contributed by atoms with Gasteiger partial charge in [0, 0.05) is 19.6 Å². The molecule has 0 fully saturated rings. The average molecular weight is 747 g/mol. The second kappa shape index (κ2) is 36.5. The summed E-state index contributed by atoms with van der Waals surface area (Å²) >= 11 is 0. The van der Waals surface area contributed by atoms with Gasteiger partial charge in [-0.15, -0.1) is 0 Å². The third-order valence-corrected chi connectivity index (χ3v) is 10.8. The zero-order valence-corrected chi connectivity index (χ0v) is 35.6. The van der Waals surface area contributed by atoms with E-state index >= 15 is 0 Å². The summed E-state index contributed by atoms with van der Waals surface area (Å²) in [5, 5.41) is 2.88. The molecule has 0 aromatic carbocycles. The highest BCUT2D eigenvalue weighted by molar-refractivity contribution is 7.45. The van der Waals surface area contributed by atoms with Crippen LogP contribution in [0.4, 0.5) is 0 Å². The Bertz CT molecular complexity index is 794. The zero-order chi connectivity index (χ0) is 37.7. The highest BCUT2D eigenvalue weighted by Gasteiger charge is 2.21. The van der Waals surface area contributed by atoms with Crippen molar-refractivity contribution in [1.82, 2.24) is 5.32 Å². The molecule has 0 heterocycles. The van der Waals surface area contributed by atoms with Gasteiger partial charge in [0.1, 0.15) is 19.3 Å². The number of nitrogens with zero attached hydrogens (tertiary/aromatic N) is 1. The first-order valence-corrected chi connectivity index (χ1v) is 23.3. The summed E-state index contributed by atoms with van der Waals surface area (Å²) in [6.07, 6.45) is 37.1. The van der Waals surface area contributed by atoms with E-state index in [1.807, 2.05) is 21.1 Å². The van der Waals surface area contributed by atoms with Gasteiger partial charge in [0.05, 0.1) is 27.7 Å². The lowest BCUT2D eigenvalue weighted by atomic mass is 10.0. The van der Waals surface area contributed by atoms with Crippen molar-refractivity contribution in [2.75, 3.05) is 54.1 Å². The summed E-state index contributed by atoms with van der Waals surface area (Å²) in [4.78, 5) is 25.1. The first-order chi connectivity index (χ1) is 24.6. The molecule has 1 N–H and O–H groups in total. The number of nitrogens with one attached hydrogen (secondary N) is 1. The van der Waals surface area contributed by atoms with E-state index in [2.05, 4.69) is 19.2 Å². The van der Waals surface area contributed by atoms with E-state index in [9.17, 15) is 14.3 Å². The number of rotatable bonds is 41. The van der Waals surface area contributed by atoms with E-state index in [0.29, 0.717) is 24.1 Å². The molecule has 8 nitrogen and oxygen atoms in total. The minimum absolute atomic E-state index is 0.0441. The first kappa shape index (κ1) is 50.5. The number of hydrogen-bond acceptors (Lipinski definition) is 6. The molecular formula is C42H87N2O6P. The molecule has 0 aliphatic carbocycles. The lowest BCUT2D eigenvalue weighted by Crippen LogP contribution is -2.39. The van der Waals surface area contributed by atoms with Gasteiger partial charge < -0.3 is 28.5 Å². The smallest absolute Gasteiger partial charge is 0.268 e. The Balaban J connectivity index is 4.15. The van der Waals surface area contributed by atoms with Gasteiger partial charge in [0.15, 0.2) is 0 Å². The van der Waals surface area contributed by atoms with Gasteiger partial charge in [-0.25, -0.2) is 0 Å². The first-order valence-electron chi connectivity index (χ1n) is 21.9. The Hall–Kier alpha value is -0.500. The molecule has 0 saturated heterocycles. The molecule has 2 atom stereocenters. The van der Waals surface area contributed by atoms with Crippen molar-refractivity contribution in [3.05, 3.63) is 0 Å². The van der Waals surface area contributed by atoms with Crippen LogP contribution < -0.4 is 10.2 Å². The van der Waals surface area contributed by atoms with Gasteiger partial charge in [-0.1, -0.05) is 187 Å². The maximum atomic E-state index is 12.6. The second-order valence-corrected chi connectivity index (χ2v) is 17.6. The van der Waals surface area contributed by atoms with Crippen LogP contribution in [0.1, 0.15) is 206 Å². The van der Waals surface area contributed by atoms with Crippen LogP contribution in [0.3, 0.4) is 0 Å². The number of amides is 1. The van der Waals surface area contributed by atoms with Gasteiger partial charge in [0.2, 0.25) is 5.91 Å². The number of carbonyl (C=O) groups is 1. The Morgan fingerprint density at radius 3 is 1.35 bits per heavy atom. The fourth-order valence-electron chi connectivity index (χ4n) is 6.35. The molecule has 9 heteroatoms. The average Bonchev–Trinajstić information content (AvgIpc) is 3.07. The number of phosphoric ester groups is 1. The number of hydrogen-bond donors (Lipinski definition) is 1. The van der Waals surface area contributed by atoms with Crippen LogP contribution in [0, 0.1) is 0 Å². The molecule has 2 unspecified atom stereocenters. The SMILES string of the molecule is CCCCCCCCCCCCCCCCCCOCC(CNC(=O)CCCCCCCCCCCCCCC)OP(=O)([O-])OCC[N+](C)(C)C. The quantitative estimate of drug-likeness (QED) is 0.0380. The van der Waals surface area contributed by atoms with Crippen LogP contribution in [-0.2, 0) is 23.1 Å². The third-order valence-electron chi connectivity index (χ3n) is 9.77. The largest absolute Gasteiger partial charge is 0.756 e. The summed E-state index contributed by atoms with van der Waals surface area (Å²) in [7, 11) is 1.39. The highest BCUT2D eigenvalue weighted by atomic mass is 31.2. The van der Waals surface area contributed by atoms with Gasteiger partial charge in [-0.2, -0.15) is 0 Å². The topological polar surface area (TPSA) is 96.9 Å². The molecule has 0 saturated carbocycles. The third kappa shape index (κ3) is 40.5. The minimum atomic E-state index is -4.53. The van der Waals surface area contributed by atoms with E-state index in [1.165, 1.54) is 154 Å². The van der Waals surface area contributed by atoms with Gasteiger partial charge in [0.25, 0.3) is 7.82 Å². The van der Waals surface area contributed by atoms with Crippen molar-refractivity contribution in [3.8, 4) is 0 Å². The van der Waals surface area contributed by atoms with Gasteiger partial charge in [-0.3, -0.25) is 9.36 Å². The van der Waals surface area contributed by atoms with Crippen molar-refractivity contribution >= 4 is 13.7 Å². The standard InChI is InChI=1S/C42H87N2O6P/c1-6-8-10-12-14-16-18-20-21-22-24-26-28-30-32-34-37-48-40-41(50-51(46,47)49-38-36-44(3,4)5)39-43-42(45)35-33-31-29-27-25-23-19-17-15-13-11-9-7-2/h41H,6-40H2,1-5H3,(H-,43,45,46,47). The van der Waals surface area contributed by atoms with E-state index in [-0.39, 0.29) is 25.7 Å². The van der Waals surface area contributed by atoms with E-state index < -0.39 is 13.9 Å². The highest BCUT2D eigenvalue weighted by Crippen LogP contribution is 2.39. The van der Waals surface area contributed by atoms with E-state index in [0.717, 1.165) is 32.1 Å². The normalized spacial score (nSPS) is 13.8. The Morgan fingerprint density at radius 1 is 0.588 bits per heavy atom. The summed E-state index contributed by atoms with van der Waals surface area (Å²) in [5.74, 6) is -0.0730. The fourth-order valence-corrected chi connectivity index (χ4v) is 7.22. The van der Waals surface area contributed by atoms with E-state index in [1.54, 1.807) is 0 Å². The summed E-state index contributed by atoms with van der Waals surface area (Å²) in [5.41, 5.74) is 0. The van der Waals surface area contributed by atoms with Crippen LogP contribution in [0.15, 0.2) is 0 Å². The Kier molecular flexibility index (Phi) is 36.1. The van der Waals surface area contributed by atoms with Crippen LogP contribution in [-0.4, -0.2) is 70.5 Å². The zero-order valence-electron chi connectivity index (χ0n) is 34.7. The van der Waals surface area contributed by atoms with Crippen molar-refractivity contribution in [2.45, 2.75) is 213 Å². The number of carbonyl (C=O) groups excluding carboxylic acids is 1. The predicted molar refractivity (Wildman–Crippen MR) is 215 cm³/mol. The monoisotopic (exact) mass is 747 g/mol. The molecule has 0 aliphatic heterocycles. The Morgan fingerprint density at radius 2 is 0.961 bits per heavy atom. The Labute approximate surface area is 317 Å².